The Hall–Kier alpha value is -5.24. The lowest BCUT2D eigenvalue weighted by Gasteiger charge is -2.26. The molecule has 0 heterocycles. The predicted molar refractivity (Wildman–Crippen MR) is 226 cm³/mol. The Bertz CT molecular complexity index is 2100. The Morgan fingerprint density at radius 1 is 0.719 bits per heavy atom. The molecular formula is C43H53ClN6O6S. The number of sulfonamides is 1. The maximum absolute atomic E-state index is 14.0. The summed E-state index contributed by atoms with van der Waals surface area (Å²) in [6, 6.07) is 28.1. The molecule has 4 amide bonds. The van der Waals surface area contributed by atoms with Crippen LogP contribution >= 0.6 is 11.6 Å². The van der Waals surface area contributed by atoms with Crippen LogP contribution in [-0.4, -0.2) is 76.6 Å². The number of nitrogens with zero attached hydrogens (tertiary/aromatic N) is 1. The van der Waals surface area contributed by atoms with Gasteiger partial charge in [-0.15, -0.1) is 0 Å². The van der Waals surface area contributed by atoms with Crippen LogP contribution < -0.4 is 30.9 Å². The summed E-state index contributed by atoms with van der Waals surface area (Å²) in [5, 5.41) is 15.5. The van der Waals surface area contributed by atoms with Crippen molar-refractivity contribution in [3.05, 3.63) is 136 Å². The molecule has 0 saturated heterocycles. The summed E-state index contributed by atoms with van der Waals surface area (Å²) >= 11 is 6.16. The Morgan fingerprint density at radius 2 is 1.32 bits per heavy atom. The van der Waals surface area contributed by atoms with Gasteiger partial charge in [-0.25, -0.2) is 8.42 Å². The summed E-state index contributed by atoms with van der Waals surface area (Å²) in [4.78, 5) is 54.1. The molecule has 4 aromatic carbocycles. The average Bonchev–Trinajstić information content (AvgIpc) is 3.18. The Morgan fingerprint density at radius 3 is 1.89 bits per heavy atom. The van der Waals surface area contributed by atoms with Crippen LogP contribution in [0.4, 0.5) is 5.69 Å². The van der Waals surface area contributed by atoms with Crippen molar-refractivity contribution in [1.82, 2.24) is 26.6 Å². The highest BCUT2D eigenvalue weighted by molar-refractivity contribution is 7.92. The van der Waals surface area contributed by atoms with Gasteiger partial charge < -0.3 is 26.6 Å². The molecule has 0 aromatic heterocycles. The van der Waals surface area contributed by atoms with Gasteiger partial charge in [-0.2, -0.15) is 0 Å². The van der Waals surface area contributed by atoms with Crippen LogP contribution in [0.5, 0.6) is 0 Å². The molecule has 304 valence electrons. The lowest BCUT2D eigenvalue weighted by molar-refractivity contribution is -0.130. The molecular weight excluding hydrogens is 764 g/mol. The van der Waals surface area contributed by atoms with Crippen molar-refractivity contribution < 1.29 is 27.6 Å². The SMILES string of the molecule is CC(C)[C@H](NC(=O)[C@H](C)NC[C@H](Cc1ccccc1)NC(=O)c1cc(C(=O)N[C@H](C)c2cccc(Cl)c2)cc(N(C)S(C)(=O)=O)c1)C(=O)NCCc1ccccc1. The summed E-state index contributed by atoms with van der Waals surface area (Å²) < 4.78 is 26.1. The number of hydrogen-bond donors (Lipinski definition) is 5. The van der Waals surface area contributed by atoms with E-state index in [0.717, 1.165) is 27.3 Å². The minimum Gasteiger partial charge on any atom is -0.354 e. The van der Waals surface area contributed by atoms with Gasteiger partial charge in [0.2, 0.25) is 21.8 Å². The van der Waals surface area contributed by atoms with Gasteiger partial charge in [0, 0.05) is 42.3 Å². The van der Waals surface area contributed by atoms with Crippen LogP contribution in [0, 0.1) is 5.92 Å². The second-order valence-electron chi connectivity index (χ2n) is 14.5. The van der Waals surface area contributed by atoms with Crippen molar-refractivity contribution in [3.8, 4) is 0 Å². The van der Waals surface area contributed by atoms with E-state index in [-0.39, 0.29) is 41.1 Å². The third-order valence-corrected chi connectivity index (χ3v) is 11.0. The van der Waals surface area contributed by atoms with E-state index >= 15 is 0 Å². The van der Waals surface area contributed by atoms with Gasteiger partial charge in [0.1, 0.15) is 6.04 Å². The minimum absolute atomic E-state index is 0.0606. The van der Waals surface area contributed by atoms with E-state index in [1.54, 1.807) is 32.0 Å². The van der Waals surface area contributed by atoms with Crippen LogP contribution in [0.2, 0.25) is 5.02 Å². The number of halogens is 1. The molecule has 0 unspecified atom stereocenters. The molecule has 4 aromatic rings. The molecule has 0 radical (unpaired) electrons. The molecule has 0 bridgehead atoms. The topological polar surface area (TPSA) is 166 Å². The first-order valence-electron chi connectivity index (χ1n) is 18.9. The van der Waals surface area contributed by atoms with Gasteiger partial charge in [-0.05, 0) is 79.6 Å². The molecule has 4 rings (SSSR count). The Balaban J connectivity index is 1.49. The quantitative estimate of drug-likeness (QED) is 0.0885. The average molecular weight is 817 g/mol. The maximum atomic E-state index is 14.0. The molecule has 0 spiro atoms. The Kier molecular flexibility index (Phi) is 16.2. The van der Waals surface area contributed by atoms with Gasteiger partial charge in [-0.3, -0.25) is 23.5 Å². The number of carbonyl (C=O) groups excluding carboxylic acids is 4. The number of anilines is 1. The Labute approximate surface area is 341 Å². The number of benzene rings is 4. The van der Waals surface area contributed by atoms with Gasteiger partial charge in [0.15, 0.2) is 0 Å². The molecule has 0 aliphatic carbocycles. The highest BCUT2D eigenvalue weighted by Gasteiger charge is 2.27. The molecule has 5 N–H and O–H groups in total. The van der Waals surface area contributed by atoms with Crippen LogP contribution in [0.3, 0.4) is 0 Å². The fourth-order valence-electron chi connectivity index (χ4n) is 6.04. The second-order valence-corrected chi connectivity index (χ2v) is 16.9. The lowest BCUT2D eigenvalue weighted by atomic mass is 10.0. The molecule has 0 aliphatic heterocycles. The van der Waals surface area contributed by atoms with Gasteiger partial charge in [0.25, 0.3) is 11.8 Å². The van der Waals surface area contributed by atoms with Crippen molar-refractivity contribution >= 4 is 50.9 Å². The smallest absolute Gasteiger partial charge is 0.251 e. The van der Waals surface area contributed by atoms with Crippen molar-refractivity contribution in [1.29, 1.82) is 0 Å². The van der Waals surface area contributed by atoms with Crippen molar-refractivity contribution in [2.45, 2.75) is 64.7 Å². The second kappa shape index (κ2) is 20.8. The first kappa shape index (κ1) is 44.5. The van der Waals surface area contributed by atoms with E-state index in [9.17, 15) is 27.6 Å². The summed E-state index contributed by atoms with van der Waals surface area (Å²) in [5.41, 5.74) is 3.04. The van der Waals surface area contributed by atoms with Crippen LogP contribution in [0.25, 0.3) is 0 Å². The first-order valence-corrected chi connectivity index (χ1v) is 21.1. The largest absolute Gasteiger partial charge is 0.354 e. The molecule has 0 fully saturated rings. The normalized spacial score (nSPS) is 13.5. The van der Waals surface area contributed by atoms with Crippen molar-refractivity contribution in [2.24, 2.45) is 5.92 Å². The first-order chi connectivity index (χ1) is 27.0. The summed E-state index contributed by atoms with van der Waals surface area (Å²) in [7, 11) is -2.41. The molecule has 12 nitrogen and oxygen atoms in total. The number of rotatable bonds is 19. The van der Waals surface area contributed by atoms with Crippen LogP contribution in [-0.2, 0) is 32.5 Å². The van der Waals surface area contributed by atoms with E-state index < -0.39 is 46.0 Å². The van der Waals surface area contributed by atoms with E-state index in [0.29, 0.717) is 24.4 Å². The molecule has 0 saturated carbocycles. The van der Waals surface area contributed by atoms with Gasteiger partial charge in [0.05, 0.1) is 24.0 Å². The lowest BCUT2D eigenvalue weighted by Crippen LogP contribution is -2.55. The summed E-state index contributed by atoms with van der Waals surface area (Å²) in [6.45, 7) is 7.79. The molecule has 57 heavy (non-hydrogen) atoms. The zero-order valence-electron chi connectivity index (χ0n) is 33.2. The van der Waals surface area contributed by atoms with Gasteiger partial charge >= 0.3 is 0 Å². The standard InChI is InChI=1S/C43H53ClN6O6S/c1-28(2)39(43(54)45-21-20-31-14-9-7-10-15-31)49-40(51)30(4)46-27-37(22-32-16-11-8-12-17-32)48-42(53)35-23-34(25-38(26-35)50(5)57(6,55)56)41(52)47-29(3)33-18-13-19-36(44)24-33/h7-19,23-26,28-30,37,39,46H,20-22,27H2,1-6H3,(H,45,54)(H,47,52)(H,48,53)(H,49,51)/t29-,30+,37+,39+/m1/s1. The number of nitrogens with one attached hydrogen (secondary N) is 5. The molecule has 14 heteroatoms. The van der Waals surface area contributed by atoms with Crippen molar-refractivity contribution in [2.75, 3.05) is 30.7 Å². The summed E-state index contributed by atoms with van der Waals surface area (Å²) in [6.07, 6.45) is 2.08. The third kappa shape index (κ3) is 13.7. The van der Waals surface area contributed by atoms with E-state index in [1.807, 2.05) is 80.6 Å². The number of amides is 4. The highest BCUT2D eigenvalue weighted by Crippen LogP contribution is 2.23. The van der Waals surface area contributed by atoms with E-state index in [2.05, 4.69) is 26.6 Å². The fraction of sp³-hybridized carbons (Fsp3) is 0.349. The monoisotopic (exact) mass is 816 g/mol. The van der Waals surface area contributed by atoms with Crippen molar-refractivity contribution in [3.63, 3.8) is 0 Å². The predicted octanol–water partition coefficient (Wildman–Crippen LogP) is 5.05. The van der Waals surface area contributed by atoms with E-state index in [1.165, 1.54) is 25.2 Å². The molecule has 0 aliphatic rings. The number of hydrogen-bond acceptors (Lipinski definition) is 7. The highest BCUT2D eigenvalue weighted by atomic mass is 35.5. The fourth-order valence-corrected chi connectivity index (χ4v) is 6.72. The van der Waals surface area contributed by atoms with Gasteiger partial charge in [-0.1, -0.05) is 98.2 Å². The number of carbonyl (C=O) groups is 4. The maximum Gasteiger partial charge on any atom is 0.251 e. The van der Waals surface area contributed by atoms with E-state index in [4.69, 9.17) is 11.6 Å². The minimum atomic E-state index is -3.76. The summed E-state index contributed by atoms with van der Waals surface area (Å²) in [5.74, 6) is -1.90. The molecule has 4 atom stereocenters. The zero-order chi connectivity index (χ0) is 41.7. The zero-order valence-corrected chi connectivity index (χ0v) is 34.8. The van der Waals surface area contributed by atoms with Crippen LogP contribution in [0.1, 0.15) is 71.1 Å². The third-order valence-electron chi connectivity index (χ3n) is 9.53. The van der Waals surface area contributed by atoms with Crippen LogP contribution in [0.15, 0.2) is 103 Å².